The van der Waals surface area contributed by atoms with Crippen molar-refractivity contribution < 1.29 is 4.74 Å². The Labute approximate surface area is 205 Å². The molecule has 0 spiro atoms. The summed E-state index contributed by atoms with van der Waals surface area (Å²) in [5, 5.41) is 1.38. The first-order valence-corrected chi connectivity index (χ1v) is 15.6. The number of aromatic nitrogens is 1. The van der Waals surface area contributed by atoms with E-state index in [1.807, 2.05) is 0 Å². The van der Waals surface area contributed by atoms with Crippen LogP contribution in [0.4, 0.5) is 0 Å². The fraction of sp³-hybridized carbons (Fsp3) is 0.0667. The highest BCUT2D eigenvalue weighted by Gasteiger charge is 2.48. The summed E-state index contributed by atoms with van der Waals surface area (Å²) in [6.45, 7) is 2.19. The number of hydrogen-bond acceptors (Lipinski definition) is 1. The van der Waals surface area contributed by atoms with Crippen LogP contribution in [0, 0.1) is 6.92 Å². The summed E-state index contributed by atoms with van der Waals surface area (Å²) in [6, 6.07) is 41.1. The molecule has 0 fully saturated rings. The van der Waals surface area contributed by atoms with Gasteiger partial charge in [0.15, 0.2) is 5.75 Å². The summed E-state index contributed by atoms with van der Waals surface area (Å²) in [5.41, 5.74) is 6.87. The average Bonchev–Trinajstić information content (AvgIpc) is 3.20. The van der Waals surface area contributed by atoms with E-state index in [4.69, 9.17) is 4.74 Å². The molecule has 4 aromatic carbocycles. The van der Waals surface area contributed by atoms with Gasteiger partial charge < -0.3 is 9.30 Å². The van der Waals surface area contributed by atoms with Gasteiger partial charge in [0.2, 0.25) is 0 Å². The molecule has 1 aromatic heterocycles. The van der Waals surface area contributed by atoms with Crippen molar-refractivity contribution >= 4 is 23.3 Å². The second-order valence-corrected chi connectivity index (χ2v) is 11.0. The van der Waals surface area contributed by atoms with E-state index < -0.39 is 14.6 Å². The lowest BCUT2D eigenvalue weighted by atomic mass is 9.64. The lowest BCUT2D eigenvalue weighted by molar-refractivity contribution is 0.434. The number of rotatable bonds is 4. The third-order valence-corrected chi connectivity index (χ3v) is 9.17. The lowest BCUT2D eigenvalue weighted by Crippen LogP contribution is -2.40. The first-order valence-electron chi connectivity index (χ1n) is 11.7. The van der Waals surface area contributed by atoms with Crippen LogP contribution in [0.15, 0.2) is 115 Å². The van der Waals surface area contributed by atoms with Crippen LogP contribution >= 0.6 is 8.79 Å². The molecule has 0 bridgehead atoms. The lowest BCUT2D eigenvalue weighted by Gasteiger charge is -2.41. The number of benzene rings is 4. The van der Waals surface area contributed by atoms with E-state index in [-0.39, 0.29) is 0 Å². The molecule has 0 aliphatic carbocycles. The maximum Gasteiger partial charge on any atom is 0.153 e. The van der Waals surface area contributed by atoms with Gasteiger partial charge in [-0.25, -0.2) is 0 Å². The average molecular weight is 476 g/mol. The molecule has 6 rings (SSSR count). The van der Waals surface area contributed by atoms with Crippen molar-refractivity contribution in [2.75, 3.05) is 0 Å². The summed E-state index contributed by atoms with van der Waals surface area (Å²) in [6.07, 6.45) is 0. The van der Waals surface area contributed by atoms with Crippen molar-refractivity contribution in [1.29, 1.82) is 0 Å². The molecule has 1 unspecified atom stereocenters. The molecule has 1 aliphatic heterocycles. The number of hydrogen-bond donors (Lipinski definition) is 0. The normalized spacial score (nSPS) is 13.9. The smallest absolute Gasteiger partial charge is 0.153 e. The Balaban J connectivity index is 1.82. The van der Waals surface area contributed by atoms with E-state index in [1.54, 1.807) is 0 Å². The molecular formula is C30H26NOPSi. The predicted octanol–water partition coefficient (Wildman–Crippen LogP) is 5.86. The van der Waals surface area contributed by atoms with Gasteiger partial charge in [-0.2, -0.15) is 0 Å². The van der Waals surface area contributed by atoms with Crippen LogP contribution in [0.2, 0.25) is 0 Å². The van der Waals surface area contributed by atoms with Gasteiger partial charge >= 0.3 is 0 Å². The van der Waals surface area contributed by atoms with Crippen LogP contribution in [0.5, 0.6) is 11.5 Å². The van der Waals surface area contributed by atoms with Gasteiger partial charge in [-0.3, -0.25) is 0 Å². The van der Waals surface area contributed by atoms with Crippen molar-refractivity contribution in [3.05, 3.63) is 143 Å². The second-order valence-electron chi connectivity index (χ2n) is 8.69. The summed E-state index contributed by atoms with van der Waals surface area (Å²) in [5.74, 6) is 1.91. The summed E-state index contributed by atoms with van der Waals surface area (Å²) < 4.78 is 9.17. The number of ether oxygens (including phenoxy) is 1. The Morgan fingerprint density at radius 2 is 1.24 bits per heavy atom. The van der Waals surface area contributed by atoms with Crippen LogP contribution in [0.25, 0.3) is 5.69 Å². The van der Waals surface area contributed by atoms with Crippen LogP contribution < -0.4 is 10.1 Å². The van der Waals surface area contributed by atoms with Crippen LogP contribution in [0.3, 0.4) is 0 Å². The zero-order valence-electron chi connectivity index (χ0n) is 19.1. The summed E-state index contributed by atoms with van der Waals surface area (Å²) in [4.78, 5) is 0. The highest BCUT2D eigenvalue weighted by Crippen LogP contribution is 2.56. The van der Waals surface area contributed by atoms with Crippen molar-refractivity contribution in [2.24, 2.45) is 0 Å². The molecule has 2 nitrogen and oxygen atoms in total. The Morgan fingerprint density at radius 1 is 0.706 bits per heavy atom. The van der Waals surface area contributed by atoms with Gasteiger partial charge in [-0.05, 0) is 36.2 Å². The zero-order chi connectivity index (χ0) is 23.1. The maximum absolute atomic E-state index is 6.74. The summed E-state index contributed by atoms with van der Waals surface area (Å²) in [7, 11) is 2.42. The van der Waals surface area contributed by atoms with E-state index in [2.05, 4.69) is 136 Å². The monoisotopic (exact) mass is 475 g/mol. The van der Waals surface area contributed by atoms with Crippen LogP contribution in [-0.4, -0.2) is 13.8 Å². The van der Waals surface area contributed by atoms with Gasteiger partial charge in [-0.15, -0.1) is 8.79 Å². The number of nitrogens with zero attached hydrogens (tertiary/aromatic N) is 1. The molecule has 0 saturated heterocycles. The molecular weight excluding hydrogens is 449 g/mol. The van der Waals surface area contributed by atoms with Crippen molar-refractivity contribution in [3.8, 4) is 17.2 Å². The molecule has 2 heterocycles. The van der Waals surface area contributed by atoms with Crippen LogP contribution in [-0.2, 0) is 5.41 Å². The Hall–Kier alpha value is -3.39. The fourth-order valence-corrected chi connectivity index (χ4v) is 8.00. The minimum Gasteiger partial charge on any atom is -0.455 e. The van der Waals surface area contributed by atoms with E-state index in [0.29, 0.717) is 0 Å². The van der Waals surface area contributed by atoms with E-state index in [0.717, 1.165) is 17.2 Å². The fourth-order valence-electron chi connectivity index (χ4n) is 5.61. The molecule has 1 atom stereocenters. The minimum atomic E-state index is -0.677. The molecule has 1 aliphatic rings. The van der Waals surface area contributed by atoms with Gasteiger partial charge in [0.25, 0.3) is 0 Å². The minimum absolute atomic E-state index is 0.462. The van der Waals surface area contributed by atoms with Crippen LogP contribution in [0.1, 0.15) is 27.9 Å². The van der Waals surface area contributed by atoms with Crippen molar-refractivity contribution in [2.45, 2.75) is 12.3 Å². The third kappa shape index (κ3) is 2.98. The SMILES string of the molecule is Cc1c2c(c([SiH2]P)n1-c1ccccc1)C(c1ccccc1)(c1ccccc1)c1ccccc1O2. The topological polar surface area (TPSA) is 14.2 Å². The standard InChI is InChI=1S/C30H26NOPSi/c1-21-28-27(29(34-33)31(21)24-17-9-4-10-18-24)30(22-13-5-2-6-14-22,23-15-7-3-8-16-23)25-19-11-12-20-26(25)32-28/h2-20H,33-34H2,1H3. The number of para-hydroxylation sites is 2. The molecule has 0 N–H and O–H groups in total. The molecule has 0 saturated carbocycles. The van der Waals surface area contributed by atoms with Crippen molar-refractivity contribution in [3.63, 3.8) is 0 Å². The molecule has 0 radical (unpaired) electrons. The Morgan fingerprint density at radius 3 is 1.82 bits per heavy atom. The van der Waals surface area contributed by atoms with Gasteiger partial charge in [-0.1, -0.05) is 97.1 Å². The predicted molar refractivity (Wildman–Crippen MR) is 147 cm³/mol. The number of fused-ring (bicyclic) bond motifs is 2. The largest absolute Gasteiger partial charge is 0.455 e. The van der Waals surface area contributed by atoms with E-state index >= 15 is 0 Å². The molecule has 166 valence electrons. The summed E-state index contributed by atoms with van der Waals surface area (Å²) >= 11 is 0. The molecule has 5 aromatic rings. The van der Waals surface area contributed by atoms with E-state index in [9.17, 15) is 0 Å². The molecule has 4 heteroatoms. The van der Waals surface area contributed by atoms with Gasteiger partial charge in [0.05, 0.1) is 20.3 Å². The Bertz CT molecular complexity index is 1420. The molecule has 0 amide bonds. The van der Waals surface area contributed by atoms with E-state index in [1.165, 1.54) is 33.3 Å². The quantitative estimate of drug-likeness (QED) is 0.230. The second kappa shape index (κ2) is 8.43. The first-order chi connectivity index (χ1) is 16.8. The maximum atomic E-state index is 6.74. The highest BCUT2D eigenvalue weighted by atomic mass is 31.3. The molecule has 34 heavy (non-hydrogen) atoms. The van der Waals surface area contributed by atoms with Crippen molar-refractivity contribution in [1.82, 2.24) is 4.57 Å². The Kier molecular flexibility index (Phi) is 5.25. The highest BCUT2D eigenvalue weighted by molar-refractivity contribution is 7.58. The zero-order valence-corrected chi connectivity index (χ0v) is 21.7. The first kappa shape index (κ1) is 21.2. The third-order valence-electron chi connectivity index (χ3n) is 6.95. The van der Waals surface area contributed by atoms with Gasteiger partial charge in [0.1, 0.15) is 5.75 Å². The van der Waals surface area contributed by atoms with Gasteiger partial charge in [0, 0.05) is 22.1 Å².